The fourth-order valence-corrected chi connectivity index (χ4v) is 9.41. The van der Waals surface area contributed by atoms with Gasteiger partial charge in [0.2, 0.25) is 0 Å². The maximum Gasteiger partial charge on any atom is 0.714 e. The molecule has 5 aliphatic rings. The molecule has 0 aromatic heterocycles. The van der Waals surface area contributed by atoms with Gasteiger partial charge in [0.15, 0.2) is 5.36 Å². The first-order valence-electron chi connectivity index (χ1n) is 16.6. The van der Waals surface area contributed by atoms with Gasteiger partial charge in [-0.2, -0.15) is 0 Å². The molecule has 4 nitrogen and oxygen atoms in total. The van der Waals surface area contributed by atoms with Crippen LogP contribution in [0.5, 0.6) is 5.75 Å². The number of hydrogen-bond donors (Lipinski definition) is 0. The fraction of sp³-hybridized carbons (Fsp3) is 0.316. The molecule has 2 heterocycles. The minimum absolute atomic E-state index is 0.360. The number of hydrogen-bond acceptors (Lipinski definition) is 3. The molecule has 5 aromatic rings. The van der Waals surface area contributed by atoms with Crippen LogP contribution in [0.4, 0.5) is 5.69 Å². The highest BCUT2D eigenvalue weighted by Crippen LogP contribution is 2.51. The summed E-state index contributed by atoms with van der Waals surface area (Å²) in [5.74, 6) is 0.956. The second kappa shape index (κ2) is 9.09. The molecule has 1 radical (unpaired) electrons. The lowest BCUT2D eigenvalue weighted by molar-refractivity contribution is 0.209. The zero-order valence-electron chi connectivity index (χ0n) is 24.6. The van der Waals surface area contributed by atoms with Gasteiger partial charge in [0.25, 0.3) is 0 Å². The maximum atomic E-state index is 7.56. The minimum atomic E-state index is -2.09. The third-order valence-electron chi connectivity index (χ3n) is 11.2. The Labute approximate surface area is 252 Å². The lowest BCUT2D eigenvalue weighted by atomic mass is 9.70. The normalized spacial score (nSPS) is 24.0. The van der Waals surface area contributed by atoms with Gasteiger partial charge in [-0.15, -0.1) is 0 Å². The van der Waals surface area contributed by atoms with Gasteiger partial charge in [-0.25, -0.2) is 0 Å². The van der Waals surface area contributed by atoms with E-state index in [1.54, 1.807) is 0 Å². The van der Waals surface area contributed by atoms with Crippen LogP contribution in [-0.2, 0) is 4.65 Å². The molecule has 1 unspecified atom stereocenters. The van der Waals surface area contributed by atoms with Gasteiger partial charge in [0.05, 0.1) is 11.1 Å². The first-order valence-corrected chi connectivity index (χ1v) is 16.6. The molecule has 5 aromatic carbocycles. The van der Waals surface area contributed by atoms with Crippen LogP contribution in [0, 0.1) is 6.10 Å². The largest absolute Gasteiger partial charge is 0.714 e. The van der Waals surface area contributed by atoms with Gasteiger partial charge < -0.3 is 18.6 Å². The van der Waals surface area contributed by atoms with Crippen LogP contribution in [0.25, 0.3) is 38.4 Å². The maximum absolute atomic E-state index is 7.56. The molecule has 0 N–H and O–H groups in total. The van der Waals surface area contributed by atoms with Crippen LogP contribution in [0.2, 0.25) is 0 Å². The summed E-state index contributed by atoms with van der Waals surface area (Å²) in [6.07, 6.45) is 17.7. The SMILES string of the molecule is C1=Cc2cccc3ccc4c(c23)[C]1O[B-]1(Oc2ccc3cccc5ccc(c2c35)=[N+]1C1CCCCC1)N4C1CCCCC1. The molecule has 2 saturated carbocycles. The highest BCUT2D eigenvalue weighted by Gasteiger charge is 2.62. The van der Waals surface area contributed by atoms with Crippen molar-refractivity contribution in [2.45, 2.75) is 76.3 Å². The summed E-state index contributed by atoms with van der Waals surface area (Å²) in [7, 11) is 0. The van der Waals surface area contributed by atoms with Crippen LogP contribution in [0.1, 0.15) is 75.3 Å². The molecular weight excluding hydrogens is 527 g/mol. The molecule has 213 valence electrons. The van der Waals surface area contributed by atoms with Crippen LogP contribution < -0.4 is 19.3 Å². The lowest BCUT2D eigenvalue weighted by Crippen LogP contribution is -2.79. The zero-order chi connectivity index (χ0) is 28.1. The van der Waals surface area contributed by atoms with Crippen molar-refractivity contribution in [1.29, 1.82) is 0 Å². The Morgan fingerprint density at radius 2 is 1.33 bits per heavy atom. The Kier molecular flexibility index (Phi) is 5.20. The first-order chi connectivity index (χ1) is 21.3. The average Bonchev–Trinajstić information content (AvgIpc) is 3.06. The third-order valence-corrected chi connectivity index (χ3v) is 11.2. The number of nitrogens with zero attached hydrogens (tertiary/aromatic N) is 2. The Balaban J connectivity index is 1.33. The third kappa shape index (κ3) is 3.35. The second-order valence-corrected chi connectivity index (χ2v) is 13.5. The fourth-order valence-electron chi connectivity index (χ4n) is 9.41. The van der Waals surface area contributed by atoms with Gasteiger partial charge in [-0.3, -0.25) is 0 Å². The summed E-state index contributed by atoms with van der Waals surface area (Å²) in [6, 6.07) is 27.9. The molecule has 1 atom stereocenters. The second-order valence-electron chi connectivity index (χ2n) is 13.5. The van der Waals surface area contributed by atoms with E-state index >= 15 is 0 Å². The summed E-state index contributed by atoms with van der Waals surface area (Å²) in [5.41, 5.74) is 3.80. The highest BCUT2D eigenvalue weighted by molar-refractivity contribution is 6.72. The molecule has 0 amide bonds. The number of benzene rings is 5. The predicted molar refractivity (Wildman–Crippen MR) is 177 cm³/mol. The van der Waals surface area contributed by atoms with E-state index in [9.17, 15) is 0 Å². The highest BCUT2D eigenvalue weighted by atomic mass is 16.6. The summed E-state index contributed by atoms with van der Waals surface area (Å²) < 4.78 is 17.8. The molecule has 5 heteroatoms. The Morgan fingerprint density at radius 1 is 0.628 bits per heavy atom. The molecule has 0 bridgehead atoms. The molecule has 2 fully saturated rings. The minimum Gasteiger partial charge on any atom is -0.613 e. The predicted octanol–water partition coefficient (Wildman–Crippen LogP) is 8.29. The Morgan fingerprint density at radius 3 is 2.14 bits per heavy atom. The summed E-state index contributed by atoms with van der Waals surface area (Å²) in [5, 5.41) is 8.97. The van der Waals surface area contributed by atoms with Gasteiger partial charge in [0, 0.05) is 41.6 Å². The van der Waals surface area contributed by atoms with Crippen molar-refractivity contribution in [2.75, 3.05) is 4.81 Å². The van der Waals surface area contributed by atoms with E-state index in [1.165, 1.54) is 119 Å². The summed E-state index contributed by atoms with van der Waals surface area (Å²) in [4.78, 5) is 2.66. The van der Waals surface area contributed by atoms with Crippen molar-refractivity contribution in [3.63, 3.8) is 0 Å². The number of anilines is 1. The lowest BCUT2D eigenvalue weighted by Gasteiger charge is -2.57. The van der Waals surface area contributed by atoms with Crippen LogP contribution in [0.15, 0.2) is 78.9 Å². The van der Waals surface area contributed by atoms with Crippen molar-refractivity contribution in [3.8, 4) is 5.75 Å². The molecular formula is C38H36BN2O2. The van der Waals surface area contributed by atoms with E-state index < -0.39 is 6.82 Å². The monoisotopic (exact) mass is 563 g/mol. The molecule has 3 aliphatic carbocycles. The van der Waals surface area contributed by atoms with Crippen LogP contribution in [0.3, 0.4) is 0 Å². The number of rotatable bonds is 2. The molecule has 2 aliphatic heterocycles. The smallest absolute Gasteiger partial charge is 0.613 e. The van der Waals surface area contributed by atoms with Crippen molar-refractivity contribution >= 4 is 50.9 Å². The first kappa shape index (κ1) is 24.6. The summed E-state index contributed by atoms with van der Waals surface area (Å²) >= 11 is 0. The average molecular weight is 564 g/mol. The van der Waals surface area contributed by atoms with Crippen molar-refractivity contribution in [1.82, 2.24) is 4.49 Å². The van der Waals surface area contributed by atoms with Gasteiger partial charge in [0.1, 0.15) is 12.1 Å². The van der Waals surface area contributed by atoms with Gasteiger partial charge in [-0.1, -0.05) is 80.3 Å². The van der Waals surface area contributed by atoms with E-state index in [0.29, 0.717) is 12.1 Å². The molecule has 43 heavy (non-hydrogen) atoms. The standard InChI is InChI=1S/C38H36BN2O2/c1-3-13-29(14-4-1)40-31-21-17-25-9-7-11-27-19-23-33(37(31)35(25)27)42-39(40)41(30-15-5-2-6-16-30)32-22-18-26-10-8-12-28-20-24-34(43-39)38(32)36(26)28/h7-12,17-24,29-30H,1-6,13-16H2. The quantitative estimate of drug-likeness (QED) is 0.202. The Hall–Kier alpha value is -3.83. The molecule has 10 rings (SSSR count). The van der Waals surface area contributed by atoms with Gasteiger partial charge in [-0.05, 0) is 77.1 Å². The zero-order valence-corrected chi connectivity index (χ0v) is 24.6. The van der Waals surface area contributed by atoms with E-state index in [2.05, 4.69) is 94.2 Å². The topological polar surface area (TPSA) is 24.7 Å². The molecule has 1 spiro atoms. The van der Waals surface area contributed by atoms with Crippen LogP contribution in [-0.4, -0.2) is 18.9 Å². The molecule has 0 saturated heterocycles. The van der Waals surface area contributed by atoms with Crippen molar-refractivity contribution in [2.24, 2.45) is 0 Å². The van der Waals surface area contributed by atoms with E-state index in [4.69, 9.17) is 9.31 Å². The van der Waals surface area contributed by atoms with E-state index in [-0.39, 0.29) is 0 Å². The van der Waals surface area contributed by atoms with Crippen molar-refractivity contribution < 1.29 is 9.31 Å². The van der Waals surface area contributed by atoms with Crippen molar-refractivity contribution in [3.05, 3.63) is 101 Å². The van der Waals surface area contributed by atoms with Crippen LogP contribution >= 0.6 is 0 Å². The van der Waals surface area contributed by atoms with E-state index in [0.717, 1.165) is 11.9 Å². The van der Waals surface area contributed by atoms with Gasteiger partial charge >= 0.3 is 6.82 Å². The summed E-state index contributed by atoms with van der Waals surface area (Å²) in [6.45, 7) is -2.09. The Bertz CT molecular complexity index is 2020. The van der Waals surface area contributed by atoms with E-state index in [1.807, 2.05) is 0 Å².